The van der Waals surface area contributed by atoms with Crippen LogP contribution in [0.15, 0.2) is 57.5 Å². The van der Waals surface area contributed by atoms with Gasteiger partial charge in [0.2, 0.25) is 0 Å². The third-order valence-corrected chi connectivity index (χ3v) is 7.51. The molecule has 31 heavy (non-hydrogen) atoms. The van der Waals surface area contributed by atoms with Gasteiger partial charge in [-0.1, -0.05) is 29.3 Å². The molecule has 7 heteroatoms. The normalized spacial score (nSPS) is 19.0. The molecular formula is C24H23BrFN3OS. The highest BCUT2D eigenvalue weighted by Gasteiger charge is 2.41. The fraction of sp³-hybridized carbons (Fsp3) is 0.333. The molecule has 1 aromatic carbocycles. The van der Waals surface area contributed by atoms with Crippen molar-refractivity contribution >= 4 is 38.7 Å². The Hall–Kier alpha value is -2.43. The van der Waals surface area contributed by atoms with E-state index in [2.05, 4.69) is 35.0 Å². The van der Waals surface area contributed by atoms with Crippen LogP contribution in [-0.4, -0.2) is 5.78 Å². The smallest absolute Gasteiger partial charge is 0.161 e. The van der Waals surface area contributed by atoms with Gasteiger partial charge in [-0.05, 0) is 56.0 Å². The van der Waals surface area contributed by atoms with Crippen LogP contribution in [0.25, 0.3) is 0 Å². The molecule has 2 heterocycles. The van der Waals surface area contributed by atoms with Crippen LogP contribution in [-0.2, 0) is 11.2 Å². The molecule has 1 aliphatic heterocycles. The number of carbonyl (C=O) groups excluding carboxylic acids is 1. The fourth-order valence-corrected chi connectivity index (χ4v) is 5.85. The number of halogens is 2. The molecular weight excluding hydrogens is 477 g/mol. The third-order valence-electron chi connectivity index (χ3n) is 5.81. The Kier molecular flexibility index (Phi) is 6.31. The van der Waals surface area contributed by atoms with Crippen molar-refractivity contribution in [2.75, 3.05) is 4.90 Å². The van der Waals surface area contributed by atoms with Crippen molar-refractivity contribution < 1.29 is 9.18 Å². The van der Waals surface area contributed by atoms with Crippen LogP contribution in [0, 0.1) is 17.1 Å². The summed E-state index contributed by atoms with van der Waals surface area (Å²) in [5.41, 5.74) is 8.36. The van der Waals surface area contributed by atoms with Gasteiger partial charge in [-0.2, -0.15) is 5.26 Å². The first-order chi connectivity index (χ1) is 15.0. The van der Waals surface area contributed by atoms with Crippen molar-refractivity contribution in [1.82, 2.24) is 0 Å². The van der Waals surface area contributed by atoms with Crippen molar-refractivity contribution in [2.45, 2.75) is 51.4 Å². The van der Waals surface area contributed by atoms with E-state index >= 15 is 0 Å². The lowest BCUT2D eigenvalue weighted by Crippen LogP contribution is -2.39. The highest BCUT2D eigenvalue weighted by atomic mass is 79.9. The predicted molar refractivity (Wildman–Crippen MR) is 125 cm³/mol. The average molecular weight is 500 g/mol. The molecule has 2 aromatic rings. The zero-order valence-electron chi connectivity index (χ0n) is 17.3. The Balaban J connectivity index is 1.89. The molecule has 0 spiro atoms. The predicted octanol–water partition coefficient (Wildman–Crippen LogP) is 6.30. The minimum absolute atomic E-state index is 0.0116. The molecule has 160 valence electrons. The molecule has 4 nitrogen and oxygen atoms in total. The van der Waals surface area contributed by atoms with Crippen molar-refractivity contribution in [3.8, 4) is 6.07 Å². The number of hydrogen-bond donors (Lipinski definition) is 1. The van der Waals surface area contributed by atoms with E-state index in [1.54, 1.807) is 28.4 Å². The number of hydrogen-bond acceptors (Lipinski definition) is 5. The van der Waals surface area contributed by atoms with Crippen LogP contribution < -0.4 is 10.6 Å². The number of nitrogens with two attached hydrogens (primary N) is 1. The summed E-state index contributed by atoms with van der Waals surface area (Å²) in [4.78, 5) is 16.9. The summed E-state index contributed by atoms with van der Waals surface area (Å²) >= 11 is 4.92. The highest BCUT2D eigenvalue weighted by molar-refractivity contribution is 9.10. The Bertz CT molecular complexity index is 1140. The molecule has 1 aliphatic carbocycles. The SMILES string of the molecule is CCCCc1ccc(C2C(C#N)=C(N)N(c3ccc(Br)cc3F)C3=C2C(=O)CCC3)s1. The molecule has 0 saturated heterocycles. The van der Waals surface area contributed by atoms with E-state index < -0.39 is 11.7 Å². The quantitative estimate of drug-likeness (QED) is 0.523. The molecule has 1 unspecified atom stereocenters. The molecule has 1 aromatic heterocycles. The van der Waals surface area contributed by atoms with E-state index in [0.717, 1.165) is 24.1 Å². The van der Waals surface area contributed by atoms with E-state index in [-0.39, 0.29) is 17.3 Å². The Labute approximate surface area is 194 Å². The highest BCUT2D eigenvalue weighted by Crippen LogP contribution is 2.48. The van der Waals surface area contributed by atoms with Gasteiger partial charge in [-0.25, -0.2) is 4.39 Å². The van der Waals surface area contributed by atoms with Crippen molar-refractivity contribution in [2.24, 2.45) is 5.73 Å². The van der Waals surface area contributed by atoms with Gasteiger partial charge in [0, 0.05) is 31.9 Å². The van der Waals surface area contributed by atoms with Gasteiger partial charge in [-0.15, -0.1) is 11.3 Å². The zero-order valence-corrected chi connectivity index (χ0v) is 19.7. The molecule has 2 N–H and O–H groups in total. The molecule has 0 bridgehead atoms. The van der Waals surface area contributed by atoms with Crippen LogP contribution >= 0.6 is 27.3 Å². The number of ketones is 1. The van der Waals surface area contributed by atoms with Crippen molar-refractivity contribution in [3.05, 3.63) is 73.0 Å². The van der Waals surface area contributed by atoms with Gasteiger partial charge < -0.3 is 5.73 Å². The summed E-state index contributed by atoms with van der Waals surface area (Å²) in [6, 6.07) is 11.0. The molecule has 0 saturated carbocycles. The maximum atomic E-state index is 14.9. The molecule has 0 fully saturated rings. The second kappa shape index (κ2) is 8.97. The number of anilines is 1. The number of rotatable bonds is 5. The number of aryl methyl sites for hydroxylation is 1. The van der Waals surface area contributed by atoms with Crippen LogP contribution in [0.2, 0.25) is 0 Å². The van der Waals surface area contributed by atoms with Crippen LogP contribution in [0.1, 0.15) is 54.7 Å². The fourth-order valence-electron chi connectivity index (χ4n) is 4.34. The topological polar surface area (TPSA) is 70.1 Å². The minimum atomic E-state index is -0.483. The van der Waals surface area contributed by atoms with Gasteiger partial charge in [-0.3, -0.25) is 9.69 Å². The summed E-state index contributed by atoms with van der Waals surface area (Å²) in [5, 5.41) is 10.1. The number of thiophene rings is 1. The summed E-state index contributed by atoms with van der Waals surface area (Å²) in [6.45, 7) is 2.15. The van der Waals surface area contributed by atoms with E-state index in [1.165, 1.54) is 10.9 Å². The largest absolute Gasteiger partial charge is 0.384 e. The van der Waals surface area contributed by atoms with Gasteiger partial charge in [0.15, 0.2) is 5.78 Å². The Morgan fingerprint density at radius 2 is 2.13 bits per heavy atom. The van der Waals surface area contributed by atoms with E-state index in [9.17, 15) is 14.4 Å². The van der Waals surface area contributed by atoms with E-state index in [0.29, 0.717) is 40.6 Å². The van der Waals surface area contributed by atoms with Crippen LogP contribution in [0.3, 0.4) is 0 Å². The lowest BCUT2D eigenvalue weighted by molar-refractivity contribution is -0.116. The first kappa shape index (κ1) is 21.8. The summed E-state index contributed by atoms with van der Waals surface area (Å²) in [5.74, 6) is -0.734. The first-order valence-corrected chi connectivity index (χ1v) is 12.1. The molecule has 2 aliphatic rings. The van der Waals surface area contributed by atoms with Gasteiger partial charge in [0.25, 0.3) is 0 Å². The standard InChI is InChI=1S/C24H23BrFN3OS/c1-2-3-5-15-9-11-21(31-15)22-16(13-27)24(28)29(18-10-8-14(25)12-17(18)26)19-6-4-7-20(30)23(19)22/h8-12,22H,2-7,28H2,1H3. The van der Waals surface area contributed by atoms with Gasteiger partial charge in [0.05, 0.1) is 23.2 Å². The maximum absolute atomic E-state index is 14.9. The molecule has 1 atom stereocenters. The number of nitrogens with zero attached hydrogens (tertiary/aromatic N) is 2. The maximum Gasteiger partial charge on any atom is 0.161 e. The third kappa shape index (κ3) is 3.95. The first-order valence-electron chi connectivity index (χ1n) is 10.5. The molecule has 4 rings (SSSR count). The average Bonchev–Trinajstić information content (AvgIpc) is 3.21. The number of benzene rings is 1. The summed E-state index contributed by atoms with van der Waals surface area (Å²) in [7, 11) is 0. The van der Waals surface area contributed by atoms with Gasteiger partial charge in [0.1, 0.15) is 11.6 Å². The number of unbranched alkanes of at least 4 members (excludes halogenated alkanes) is 1. The molecule has 0 amide bonds. The van der Waals surface area contributed by atoms with Gasteiger partial charge >= 0.3 is 0 Å². The van der Waals surface area contributed by atoms with Crippen LogP contribution in [0.5, 0.6) is 0 Å². The van der Waals surface area contributed by atoms with Crippen molar-refractivity contribution in [3.63, 3.8) is 0 Å². The van der Waals surface area contributed by atoms with Crippen molar-refractivity contribution in [1.29, 1.82) is 5.26 Å². The number of Topliss-reactive ketones (excluding diaryl/α,β-unsaturated/α-hetero) is 1. The Morgan fingerprint density at radius 3 is 2.84 bits per heavy atom. The lowest BCUT2D eigenvalue weighted by atomic mass is 9.78. The number of carbonyl (C=O) groups is 1. The Morgan fingerprint density at radius 1 is 1.32 bits per heavy atom. The second-order valence-electron chi connectivity index (χ2n) is 7.82. The molecule has 0 radical (unpaired) electrons. The summed E-state index contributed by atoms with van der Waals surface area (Å²) in [6.07, 6.45) is 4.90. The van der Waals surface area contributed by atoms with E-state index in [4.69, 9.17) is 5.73 Å². The summed E-state index contributed by atoms with van der Waals surface area (Å²) < 4.78 is 15.5. The number of nitriles is 1. The number of allylic oxidation sites excluding steroid dienone is 3. The minimum Gasteiger partial charge on any atom is -0.384 e. The van der Waals surface area contributed by atoms with E-state index in [1.807, 2.05) is 6.07 Å². The zero-order chi connectivity index (χ0) is 22.1. The van der Waals surface area contributed by atoms with Crippen LogP contribution in [0.4, 0.5) is 10.1 Å². The lowest BCUT2D eigenvalue weighted by Gasteiger charge is -2.39. The second-order valence-corrected chi connectivity index (χ2v) is 9.94. The monoisotopic (exact) mass is 499 g/mol.